The summed E-state index contributed by atoms with van der Waals surface area (Å²) in [5, 5.41) is 2.99. The Labute approximate surface area is 135 Å². The molecule has 0 radical (unpaired) electrons. The minimum absolute atomic E-state index is 0.00925. The molecule has 0 unspecified atom stereocenters. The molecule has 0 saturated carbocycles. The van der Waals surface area contributed by atoms with Gasteiger partial charge in [0, 0.05) is 18.4 Å². The van der Waals surface area contributed by atoms with Crippen LogP contribution in [0.5, 0.6) is 0 Å². The van der Waals surface area contributed by atoms with Crippen LogP contribution in [0.15, 0.2) is 42.6 Å². The highest BCUT2D eigenvalue weighted by Crippen LogP contribution is 2.20. The third-order valence-electron chi connectivity index (χ3n) is 4.01. The predicted octanol–water partition coefficient (Wildman–Crippen LogP) is 1.91. The van der Waals surface area contributed by atoms with Crippen LogP contribution in [0.3, 0.4) is 0 Å². The van der Waals surface area contributed by atoms with Crippen molar-refractivity contribution < 1.29 is 4.79 Å². The summed E-state index contributed by atoms with van der Waals surface area (Å²) in [6.45, 7) is 2.30. The van der Waals surface area contributed by atoms with Crippen molar-refractivity contribution in [1.29, 1.82) is 0 Å². The van der Waals surface area contributed by atoms with Crippen LogP contribution in [0.25, 0.3) is 0 Å². The SMILES string of the molecule is Nc1ccnc(CN2CCC[C@@H](C(=O)Nc3ccccc3)C2)n1. The Hall–Kier alpha value is -2.47. The summed E-state index contributed by atoms with van der Waals surface area (Å²) >= 11 is 0. The molecule has 1 aromatic carbocycles. The molecule has 1 atom stereocenters. The summed E-state index contributed by atoms with van der Waals surface area (Å²) in [5.74, 6) is 1.25. The minimum Gasteiger partial charge on any atom is -0.384 e. The predicted molar refractivity (Wildman–Crippen MR) is 89.5 cm³/mol. The molecule has 0 spiro atoms. The first-order valence-corrected chi connectivity index (χ1v) is 7.86. The van der Waals surface area contributed by atoms with Crippen molar-refractivity contribution in [3.05, 3.63) is 48.4 Å². The summed E-state index contributed by atoms with van der Waals surface area (Å²) in [5.41, 5.74) is 6.53. The molecule has 3 rings (SSSR count). The van der Waals surface area contributed by atoms with E-state index in [0.29, 0.717) is 18.2 Å². The molecule has 1 aromatic heterocycles. The Morgan fingerprint density at radius 3 is 2.91 bits per heavy atom. The Balaban J connectivity index is 1.58. The molecule has 6 nitrogen and oxygen atoms in total. The number of rotatable bonds is 4. The van der Waals surface area contributed by atoms with Crippen molar-refractivity contribution in [2.45, 2.75) is 19.4 Å². The first-order chi connectivity index (χ1) is 11.2. The lowest BCUT2D eigenvalue weighted by molar-refractivity contribution is -0.121. The van der Waals surface area contributed by atoms with E-state index >= 15 is 0 Å². The molecule has 0 bridgehead atoms. The van der Waals surface area contributed by atoms with Gasteiger partial charge in [0.05, 0.1) is 12.5 Å². The number of benzene rings is 1. The number of nitrogens with two attached hydrogens (primary N) is 1. The van der Waals surface area contributed by atoms with E-state index in [1.54, 1.807) is 12.3 Å². The topological polar surface area (TPSA) is 84.1 Å². The Morgan fingerprint density at radius 2 is 2.13 bits per heavy atom. The molecule has 1 fully saturated rings. The summed E-state index contributed by atoms with van der Waals surface area (Å²) < 4.78 is 0. The summed E-state index contributed by atoms with van der Waals surface area (Å²) in [4.78, 5) is 23.1. The number of hydrogen-bond acceptors (Lipinski definition) is 5. The maximum atomic E-state index is 12.4. The number of para-hydroxylation sites is 1. The van der Waals surface area contributed by atoms with Gasteiger partial charge >= 0.3 is 0 Å². The number of amides is 1. The van der Waals surface area contributed by atoms with Crippen molar-refractivity contribution >= 4 is 17.4 Å². The number of nitrogens with one attached hydrogen (secondary N) is 1. The third kappa shape index (κ3) is 4.26. The number of anilines is 2. The molecule has 1 saturated heterocycles. The lowest BCUT2D eigenvalue weighted by Gasteiger charge is -2.31. The van der Waals surface area contributed by atoms with Gasteiger partial charge in [0.1, 0.15) is 11.6 Å². The van der Waals surface area contributed by atoms with Gasteiger partial charge < -0.3 is 11.1 Å². The zero-order valence-corrected chi connectivity index (χ0v) is 13.0. The molecular formula is C17H21N5O. The first-order valence-electron chi connectivity index (χ1n) is 7.86. The van der Waals surface area contributed by atoms with Crippen LogP contribution in [0, 0.1) is 5.92 Å². The highest BCUT2D eigenvalue weighted by molar-refractivity contribution is 5.92. The van der Waals surface area contributed by atoms with Crippen molar-refractivity contribution in [3.8, 4) is 0 Å². The van der Waals surface area contributed by atoms with E-state index in [1.807, 2.05) is 30.3 Å². The Kier molecular flexibility index (Phi) is 4.83. The monoisotopic (exact) mass is 311 g/mol. The number of carbonyl (C=O) groups is 1. The molecular weight excluding hydrogens is 290 g/mol. The van der Waals surface area contributed by atoms with Gasteiger partial charge in [0.25, 0.3) is 0 Å². The van der Waals surface area contributed by atoms with E-state index in [1.165, 1.54) is 0 Å². The maximum absolute atomic E-state index is 12.4. The molecule has 1 amide bonds. The highest BCUT2D eigenvalue weighted by atomic mass is 16.1. The molecule has 6 heteroatoms. The van der Waals surface area contributed by atoms with Crippen LogP contribution in [-0.2, 0) is 11.3 Å². The number of nitrogen functional groups attached to an aromatic ring is 1. The smallest absolute Gasteiger partial charge is 0.228 e. The van der Waals surface area contributed by atoms with Crippen LogP contribution in [0.2, 0.25) is 0 Å². The van der Waals surface area contributed by atoms with E-state index < -0.39 is 0 Å². The third-order valence-corrected chi connectivity index (χ3v) is 4.01. The van der Waals surface area contributed by atoms with Crippen molar-refractivity contribution in [3.63, 3.8) is 0 Å². The quantitative estimate of drug-likeness (QED) is 0.901. The van der Waals surface area contributed by atoms with Crippen molar-refractivity contribution in [2.24, 2.45) is 5.92 Å². The number of piperidine rings is 1. The van der Waals surface area contributed by atoms with Crippen LogP contribution in [0.4, 0.5) is 11.5 Å². The maximum Gasteiger partial charge on any atom is 0.228 e. The van der Waals surface area contributed by atoms with E-state index in [2.05, 4.69) is 20.2 Å². The molecule has 1 aliphatic heterocycles. The van der Waals surface area contributed by atoms with Gasteiger partial charge in [-0.05, 0) is 37.6 Å². The normalized spacial score (nSPS) is 18.5. The minimum atomic E-state index is -0.00925. The number of hydrogen-bond donors (Lipinski definition) is 2. The van der Waals surface area contributed by atoms with Gasteiger partial charge in [-0.15, -0.1) is 0 Å². The molecule has 120 valence electrons. The summed E-state index contributed by atoms with van der Waals surface area (Å²) in [7, 11) is 0. The zero-order valence-electron chi connectivity index (χ0n) is 13.0. The number of likely N-dealkylation sites (tertiary alicyclic amines) is 1. The largest absolute Gasteiger partial charge is 0.384 e. The second-order valence-electron chi connectivity index (χ2n) is 5.83. The van der Waals surface area contributed by atoms with Gasteiger partial charge in [-0.1, -0.05) is 18.2 Å². The van der Waals surface area contributed by atoms with Crippen LogP contribution >= 0.6 is 0 Å². The van der Waals surface area contributed by atoms with Crippen LogP contribution < -0.4 is 11.1 Å². The molecule has 1 aliphatic rings. The van der Waals surface area contributed by atoms with E-state index in [-0.39, 0.29) is 11.8 Å². The standard InChI is InChI=1S/C17H21N5O/c18-15-8-9-19-16(21-15)12-22-10-4-5-13(11-22)17(23)20-14-6-2-1-3-7-14/h1-3,6-9,13H,4-5,10-12H2,(H,20,23)(H2,18,19,21)/t13-/m1/s1. The van der Waals surface area contributed by atoms with Crippen molar-refractivity contribution in [2.75, 3.05) is 24.1 Å². The van der Waals surface area contributed by atoms with Gasteiger partial charge in [0.2, 0.25) is 5.91 Å². The van der Waals surface area contributed by atoms with Crippen molar-refractivity contribution in [1.82, 2.24) is 14.9 Å². The van der Waals surface area contributed by atoms with Gasteiger partial charge in [-0.2, -0.15) is 0 Å². The van der Waals surface area contributed by atoms with Crippen LogP contribution in [0.1, 0.15) is 18.7 Å². The number of aromatic nitrogens is 2. The fraction of sp³-hybridized carbons (Fsp3) is 0.353. The number of nitrogens with zero attached hydrogens (tertiary/aromatic N) is 3. The Bertz CT molecular complexity index is 661. The first kappa shape index (κ1) is 15.4. The lowest BCUT2D eigenvalue weighted by Crippen LogP contribution is -2.40. The molecule has 0 aliphatic carbocycles. The fourth-order valence-corrected chi connectivity index (χ4v) is 2.87. The highest BCUT2D eigenvalue weighted by Gasteiger charge is 2.26. The van der Waals surface area contributed by atoms with E-state index in [4.69, 9.17) is 5.73 Å². The van der Waals surface area contributed by atoms with E-state index in [9.17, 15) is 4.79 Å². The summed E-state index contributed by atoms with van der Waals surface area (Å²) in [6.07, 6.45) is 3.57. The molecule has 2 heterocycles. The average Bonchev–Trinajstić information content (AvgIpc) is 2.56. The van der Waals surface area contributed by atoms with Gasteiger partial charge in [-0.25, -0.2) is 9.97 Å². The molecule has 23 heavy (non-hydrogen) atoms. The van der Waals surface area contributed by atoms with Gasteiger partial charge in [-0.3, -0.25) is 9.69 Å². The average molecular weight is 311 g/mol. The Morgan fingerprint density at radius 1 is 1.30 bits per heavy atom. The lowest BCUT2D eigenvalue weighted by atomic mass is 9.97. The summed E-state index contributed by atoms with van der Waals surface area (Å²) in [6, 6.07) is 11.2. The second kappa shape index (κ2) is 7.19. The van der Waals surface area contributed by atoms with Crippen LogP contribution in [-0.4, -0.2) is 33.9 Å². The molecule has 2 aromatic rings. The number of carbonyl (C=O) groups excluding carboxylic acids is 1. The van der Waals surface area contributed by atoms with E-state index in [0.717, 1.165) is 31.6 Å². The molecule has 3 N–H and O–H groups in total. The second-order valence-corrected chi connectivity index (χ2v) is 5.83. The zero-order chi connectivity index (χ0) is 16.1. The fourth-order valence-electron chi connectivity index (χ4n) is 2.87. The van der Waals surface area contributed by atoms with Gasteiger partial charge in [0.15, 0.2) is 0 Å².